The number of amides is 1. The molecular weight excluding hydrogens is 454 g/mol. The number of sulfonamides is 1. The maximum atomic E-state index is 13.4. The van der Waals surface area contributed by atoms with Crippen molar-refractivity contribution in [3.8, 4) is 5.75 Å². The fraction of sp³-hybridized carbons (Fsp3) is 0.409. The molecule has 3 N–H and O–H groups in total. The minimum Gasteiger partial charge on any atom is -0.486 e. The van der Waals surface area contributed by atoms with E-state index in [-0.39, 0.29) is 46.4 Å². The van der Waals surface area contributed by atoms with Gasteiger partial charge in [-0.25, -0.2) is 8.42 Å². The monoisotopic (exact) mass is 481 g/mol. The molecule has 2 aromatic rings. The molecule has 1 heterocycles. The Labute approximate surface area is 193 Å². The summed E-state index contributed by atoms with van der Waals surface area (Å²) >= 11 is 5.88. The third kappa shape index (κ3) is 5.17. The third-order valence-corrected chi connectivity index (χ3v) is 7.10. The molecule has 32 heavy (non-hydrogen) atoms. The Balaban J connectivity index is 2.08. The van der Waals surface area contributed by atoms with E-state index in [0.717, 1.165) is 0 Å². The van der Waals surface area contributed by atoms with Crippen molar-refractivity contribution in [2.75, 3.05) is 31.5 Å². The second kappa shape index (κ2) is 10.1. The third-order valence-electron chi connectivity index (χ3n) is 5.46. The minimum absolute atomic E-state index is 0.0346. The van der Waals surface area contributed by atoms with Crippen molar-refractivity contribution in [3.05, 3.63) is 53.1 Å². The summed E-state index contributed by atoms with van der Waals surface area (Å²) in [7, 11) is -2.15. The molecule has 1 aliphatic rings. The molecule has 0 fully saturated rings. The average Bonchev–Trinajstić information content (AvgIpc) is 2.76. The molecule has 0 bridgehead atoms. The van der Waals surface area contributed by atoms with Gasteiger partial charge in [-0.15, -0.1) is 0 Å². The molecule has 1 amide bonds. The van der Waals surface area contributed by atoms with Gasteiger partial charge in [0.25, 0.3) is 15.9 Å². The molecule has 3 rings (SSSR count). The molecule has 10 heteroatoms. The van der Waals surface area contributed by atoms with Gasteiger partial charge in [0, 0.05) is 24.0 Å². The Morgan fingerprint density at radius 1 is 1.25 bits per heavy atom. The van der Waals surface area contributed by atoms with Crippen molar-refractivity contribution in [1.82, 2.24) is 10.2 Å². The highest BCUT2D eigenvalue weighted by Crippen LogP contribution is 2.35. The second-order valence-corrected chi connectivity index (χ2v) is 10.0. The van der Waals surface area contributed by atoms with Crippen LogP contribution in [0.25, 0.3) is 0 Å². The van der Waals surface area contributed by atoms with Crippen molar-refractivity contribution < 1.29 is 23.1 Å². The number of benzene rings is 2. The molecule has 0 saturated carbocycles. The highest BCUT2D eigenvalue weighted by atomic mass is 35.5. The van der Waals surface area contributed by atoms with Gasteiger partial charge in [-0.2, -0.15) is 0 Å². The number of hydrogen-bond acceptors (Lipinski definition) is 6. The van der Waals surface area contributed by atoms with Gasteiger partial charge in [-0.1, -0.05) is 24.6 Å². The minimum atomic E-state index is -3.95. The number of rotatable bonds is 7. The fourth-order valence-corrected chi connectivity index (χ4v) is 4.77. The Hall–Kier alpha value is -2.33. The lowest BCUT2D eigenvalue weighted by atomic mass is 9.99. The van der Waals surface area contributed by atoms with Gasteiger partial charge in [0.2, 0.25) is 0 Å². The first kappa shape index (κ1) is 24.3. The number of carbonyl (C=O) groups excluding carboxylic acids is 1. The van der Waals surface area contributed by atoms with Gasteiger partial charge < -0.3 is 20.1 Å². The van der Waals surface area contributed by atoms with Crippen LogP contribution in [0.2, 0.25) is 5.02 Å². The van der Waals surface area contributed by atoms with Gasteiger partial charge in [0.1, 0.15) is 6.10 Å². The largest absolute Gasteiger partial charge is 0.486 e. The number of anilines is 1. The highest BCUT2D eigenvalue weighted by molar-refractivity contribution is 7.92. The SMILES string of the molecule is CNC[C@H]1Oc2c(NS(=O)(=O)c3ccc(Cl)cc3)cccc2C(=O)N([C@@H](C)CO)C[C@H]1C. The van der Waals surface area contributed by atoms with E-state index < -0.39 is 16.1 Å². The average molecular weight is 482 g/mol. The lowest BCUT2D eigenvalue weighted by Gasteiger charge is -2.37. The standard InChI is InChI=1S/C22H28ClN3O5S/c1-14-12-26(15(2)13-27)22(28)18-5-4-6-19(21(18)31-20(14)11-24-3)25-32(29,30)17-9-7-16(23)8-10-17/h4-10,14-15,20,24-25,27H,11-13H2,1-3H3/t14-,15+,20-/m1/s1. The van der Waals surface area contributed by atoms with E-state index in [4.69, 9.17) is 16.3 Å². The van der Waals surface area contributed by atoms with Crippen molar-refractivity contribution in [2.24, 2.45) is 5.92 Å². The zero-order chi connectivity index (χ0) is 23.5. The molecule has 0 saturated heterocycles. The molecule has 3 atom stereocenters. The van der Waals surface area contributed by atoms with E-state index in [0.29, 0.717) is 18.1 Å². The van der Waals surface area contributed by atoms with Crippen molar-refractivity contribution >= 4 is 33.2 Å². The molecular formula is C22H28ClN3O5S. The van der Waals surface area contributed by atoms with Gasteiger partial charge in [0.15, 0.2) is 5.75 Å². The van der Waals surface area contributed by atoms with Gasteiger partial charge in [0.05, 0.1) is 28.8 Å². The number of fused-ring (bicyclic) bond motifs is 1. The summed E-state index contributed by atoms with van der Waals surface area (Å²) in [5, 5.41) is 13.2. The first-order chi connectivity index (χ1) is 15.2. The van der Waals surface area contributed by atoms with Crippen LogP contribution in [-0.2, 0) is 10.0 Å². The number of para-hydroxylation sites is 1. The summed E-state index contributed by atoms with van der Waals surface area (Å²) in [4.78, 5) is 15.0. The summed E-state index contributed by atoms with van der Waals surface area (Å²) in [6.45, 7) is 4.43. The van der Waals surface area contributed by atoms with Crippen LogP contribution in [0, 0.1) is 5.92 Å². The molecule has 0 aromatic heterocycles. The number of hydrogen-bond donors (Lipinski definition) is 3. The van der Waals surface area contributed by atoms with Gasteiger partial charge >= 0.3 is 0 Å². The normalized spacial score (nSPS) is 20.0. The first-order valence-electron chi connectivity index (χ1n) is 10.3. The number of halogens is 1. The van der Waals surface area contributed by atoms with Crippen molar-refractivity contribution in [2.45, 2.75) is 30.9 Å². The molecule has 2 aromatic carbocycles. The molecule has 8 nitrogen and oxygen atoms in total. The second-order valence-electron chi connectivity index (χ2n) is 7.92. The van der Waals surface area contributed by atoms with Gasteiger partial charge in [-0.3, -0.25) is 9.52 Å². The number of nitrogens with one attached hydrogen (secondary N) is 2. The predicted octanol–water partition coefficient (Wildman–Crippen LogP) is 2.58. The Morgan fingerprint density at radius 2 is 1.94 bits per heavy atom. The summed E-state index contributed by atoms with van der Waals surface area (Å²) < 4.78 is 34.7. The number of ether oxygens (including phenoxy) is 1. The number of nitrogens with zero attached hydrogens (tertiary/aromatic N) is 1. The summed E-state index contributed by atoms with van der Waals surface area (Å²) in [5.41, 5.74) is 0.396. The molecule has 174 valence electrons. The molecule has 1 aliphatic heterocycles. The molecule has 0 radical (unpaired) electrons. The van der Waals surface area contributed by atoms with E-state index in [1.807, 2.05) is 6.92 Å². The quantitative estimate of drug-likeness (QED) is 0.561. The van der Waals surface area contributed by atoms with Crippen LogP contribution in [0.1, 0.15) is 24.2 Å². The van der Waals surface area contributed by atoms with Crippen LogP contribution in [0.5, 0.6) is 5.75 Å². The Bertz CT molecular complexity index is 1060. The lowest BCUT2D eigenvalue weighted by molar-refractivity contribution is 0.0417. The Morgan fingerprint density at radius 3 is 2.56 bits per heavy atom. The lowest BCUT2D eigenvalue weighted by Crippen LogP contribution is -2.49. The van der Waals surface area contributed by atoms with E-state index in [9.17, 15) is 18.3 Å². The van der Waals surface area contributed by atoms with Crippen LogP contribution in [0.3, 0.4) is 0 Å². The number of aliphatic hydroxyl groups is 1. The van der Waals surface area contributed by atoms with Crippen LogP contribution in [0.4, 0.5) is 5.69 Å². The predicted molar refractivity (Wildman–Crippen MR) is 124 cm³/mol. The Kier molecular flexibility index (Phi) is 7.66. The van der Waals surface area contributed by atoms with E-state index >= 15 is 0 Å². The van der Waals surface area contributed by atoms with Crippen LogP contribution >= 0.6 is 11.6 Å². The maximum absolute atomic E-state index is 13.4. The maximum Gasteiger partial charge on any atom is 0.262 e. The van der Waals surface area contributed by atoms with Crippen molar-refractivity contribution in [1.29, 1.82) is 0 Å². The van der Waals surface area contributed by atoms with E-state index in [2.05, 4.69) is 10.0 Å². The molecule has 0 aliphatic carbocycles. The smallest absolute Gasteiger partial charge is 0.262 e. The number of carbonyl (C=O) groups is 1. The van der Waals surface area contributed by atoms with Crippen molar-refractivity contribution in [3.63, 3.8) is 0 Å². The zero-order valence-corrected chi connectivity index (χ0v) is 19.8. The highest BCUT2D eigenvalue weighted by Gasteiger charge is 2.34. The summed E-state index contributed by atoms with van der Waals surface area (Å²) in [6, 6.07) is 10.1. The molecule has 0 unspecified atom stereocenters. The zero-order valence-electron chi connectivity index (χ0n) is 18.2. The van der Waals surface area contributed by atoms with Crippen LogP contribution in [0.15, 0.2) is 47.4 Å². The van der Waals surface area contributed by atoms with Gasteiger partial charge in [-0.05, 0) is 50.4 Å². The molecule has 0 spiro atoms. The van der Waals surface area contributed by atoms with Crippen LogP contribution < -0.4 is 14.8 Å². The summed E-state index contributed by atoms with van der Waals surface area (Å²) in [5.74, 6) is -0.240. The van der Waals surface area contributed by atoms with E-state index in [1.165, 1.54) is 24.3 Å². The summed E-state index contributed by atoms with van der Waals surface area (Å²) in [6.07, 6.45) is -0.332. The first-order valence-corrected chi connectivity index (χ1v) is 12.2. The van der Waals surface area contributed by atoms with Crippen LogP contribution in [-0.4, -0.2) is 63.2 Å². The van der Waals surface area contributed by atoms with E-state index in [1.54, 1.807) is 37.1 Å². The fourth-order valence-electron chi connectivity index (χ4n) is 3.59. The topological polar surface area (TPSA) is 108 Å². The number of likely N-dealkylation sites (N-methyl/N-ethyl adjacent to an activating group) is 1. The number of aliphatic hydroxyl groups excluding tert-OH is 1.